The Bertz CT molecular complexity index is 611. The van der Waals surface area contributed by atoms with E-state index in [-0.39, 0.29) is 16.9 Å². The summed E-state index contributed by atoms with van der Waals surface area (Å²) >= 11 is 5.76. The number of hydrogen-bond donors (Lipinski definition) is 1. The SMILES string of the molecule is C[C@@H]1C[C@@H](C)CN(C(=O)CN2CCN(c3nnc(Cl)c(N)n3)CC2)C1. The summed E-state index contributed by atoms with van der Waals surface area (Å²) in [5.74, 6) is 2.10. The van der Waals surface area contributed by atoms with Crippen LogP contribution in [0.1, 0.15) is 20.3 Å². The molecular formula is C16H26ClN7O. The lowest BCUT2D eigenvalue weighted by atomic mass is 9.92. The fraction of sp³-hybridized carbons (Fsp3) is 0.750. The molecule has 0 aliphatic carbocycles. The number of likely N-dealkylation sites (tertiary alicyclic amines) is 1. The Morgan fingerprint density at radius 1 is 1.16 bits per heavy atom. The lowest BCUT2D eigenvalue weighted by Crippen LogP contribution is -2.52. The van der Waals surface area contributed by atoms with E-state index in [1.165, 1.54) is 6.42 Å². The van der Waals surface area contributed by atoms with Crippen LogP contribution in [0.15, 0.2) is 0 Å². The van der Waals surface area contributed by atoms with Gasteiger partial charge in [0.2, 0.25) is 11.9 Å². The molecule has 3 heterocycles. The second kappa shape index (κ2) is 7.70. The molecule has 138 valence electrons. The fourth-order valence-electron chi connectivity index (χ4n) is 3.71. The van der Waals surface area contributed by atoms with Gasteiger partial charge in [0.15, 0.2) is 11.0 Å². The third kappa shape index (κ3) is 4.49. The first-order valence-electron chi connectivity index (χ1n) is 8.83. The number of nitrogen functional groups attached to an aromatic ring is 1. The number of hydrogen-bond acceptors (Lipinski definition) is 7. The zero-order valence-electron chi connectivity index (χ0n) is 14.9. The lowest BCUT2D eigenvalue weighted by molar-refractivity contribution is -0.135. The number of anilines is 2. The highest BCUT2D eigenvalue weighted by Crippen LogP contribution is 2.21. The van der Waals surface area contributed by atoms with Crippen molar-refractivity contribution < 1.29 is 4.79 Å². The molecule has 2 aliphatic rings. The van der Waals surface area contributed by atoms with Crippen LogP contribution in [0.4, 0.5) is 11.8 Å². The number of piperidine rings is 1. The molecule has 9 heteroatoms. The molecule has 2 N–H and O–H groups in total. The maximum atomic E-state index is 12.6. The van der Waals surface area contributed by atoms with Crippen molar-refractivity contribution in [3.63, 3.8) is 0 Å². The first kappa shape index (κ1) is 18.1. The molecule has 25 heavy (non-hydrogen) atoms. The Labute approximate surface area is 153 Å². The van der Waals surface area contributed by atoms with Crippen molar-refractivity contribution in [2.45, 2.75) is 20.3 Å². The van der Waals surface area contributed by atoms with E-state index < -0.39 is 0 Å². The van der Waals surface area contributed by atoms with Gasteiger partial charge in [-0.15, -0.1) is 10.2 Å². The molecule has 0 saturated carbocycles. The molecular weight excluding hydrogens is 342 g/mol. The van der Waals surface area contributed by atoms with Crippen molar-refractivity contribution in [2.24, 2.45) is 11.8 Å². The van der Waals surface area contributed by atoms with Crippen LogP contribution in [0.3, 0.4) is 0 Å². The number of halogens is 1. The Balaban J connectivity index is 1.50. The Morgan fingerprint density at radius 2 is 1.80 bits per heavy atom. The zero-order valence-corrected chi connectivity index (χ0v) is 15.6. The molecule has 1 amide bonds. The van der Waals surface area contributed by atoms with Gasteiger partial charge < -0.3 is 15.5 Å². The van der Waals surface area contributed by atoms with Crippen LogP contribution in [-0.4, -0.2) is 76.7 Å². The normalized spacial score (nSPS) is 25.2. The number of nitrogens with two attached hydrogens (primary N) is 1. The highest BCUT2D eigenvalue weighted by atomic mass is 35.5. The van der Waals surface area contributed by atoms with Crippen molar-refractivity contribution in [3.8, 4) is 0 Å². The van der Waals surface area contributed by atoms with Crippen LogP contribution in [0.5, 0.6) is 0 Å². The summed E-state index contributed by atoms with van der Waals surface area (Å²) in [6, 6.07) is 0. The molecule has 0 aromatic carbocycles. The maximum Gasteiger partial charge on any atom is 0.247 e. The van der Waals surface area contributed by atoms with E-state index in [0.29, 0.717) is 24.3 Å². The third-order valence-electron chi connectivity index (χ3n) is 4.89. The van der Waals surface area contributed by atoms with Crippen molar-refractivity contribution in [1.82, 2.24) is 25.0 Å². The second-order valence-corrected chi connectivity index (χ2v) is 7.65. The van der Waals surface area contributed by atoms with E-state index in [1.54, 1.807) is 0 Å². The highest BCUT2D eigenvalue weighted by molar-refractivity contribution is 6.31. The van der Waals surface area contributed by atoms with E-state index in [4.69, 9.17) is 17.3 Å². The summed E-state index contributed by atoms with van der Waals surface area (Å²) in [6.45, 7) is 9.74. The van der Waals surface area contributed by atoms with Crippen LogP contribution in [0, 0.1) is 11.8 Å². The van der Waals surface area contributed by atoms with Crippen LogP contribution < -0.4 is 10.6 Å². The van der Waals surface area contributed by atoms with E-state index in [1.807, 2.05) is 9.80 Å². The molecule has 8 nitrogen and oxygen atoms in total. The van der Waals surface area contributed by atoms with Gasteiger partial charge in [-0.2, -0.15) is 4.98 Å². The minimum Gasteiger partial charge on any atom is -0.381 e. The third-order valence-corrected chi connectivity index (χ3v) is 5.16. The van der Waals surface area contributed by atoms with Crippen molar-refractivity contribution in [3.05, 3.63) is 5.15 Å². The number of piperazine rings is 1. The number of aromatic nitrogens is 3. The standard InChI is InChI=1S/C16H26ClN7O/c1-11-7-12(2)9-24(8-11)13(25)10-22-3-5-23(6-4-22)16-19-15(18)14(17)20-21-16/h11-12H,3-10H2,1-2H3,(H2,18,19,21)/t11-,12-/m1/s1. The van der Waals surface area contributed by atoms with Crippen molar-refractivity contribution in [1.29, 1.82) is 0 Å². The smallest absolute Gasteiger partial charge is 0.247 e. The summed E-state index contributed by atoms with van der Waals surface area (Å²) in [7, 11) is 0. The highest BCUT2D eigenvalue weighted by Gasteiger charge is 2.28. The predicted octanol–water partition coefficient (Wildman–Crippen LogP) is 0.734. The Kier molecular flexibility index (Phi) is 5.58. The molecule has 0 bridgehead atoms. The fourth-order valence-corrected chi connectivity index (χ4v) is 3.79. The summed E-state index contributed by atoms with van der Waals surface area (Å²) in [4.78, 5) is 23.0. The number of rotatable bonds is 3. The maximum absolute atomic E-state index is 12.6. The average Bonchev–Trinajstić information content (AvgIpc) is 2.57. The van der Waals surface area contributed by atoms with Gasteiger partial charge in [-0.05, 0) is 18.3 Å². The Morgan fingerprint density at radius 3 is 2.40 bits per heavy atom. The topological polar surface area (TPSA) is 91.5 Å². The van der Waals surface area contributed by atoms with Gasteiger partial charge in [0.25, 0.3) is 0 Å². The van der Waals surface area contributed by atoms with Gasteiger partial charge >= 0.3 is 0 Å². The van der Waals surface area contributed by atoms with Crippen molar-refractivity contribution >= 4 is 29.3 Å². The molecule has 1 aromatic heterocycles. The van der Waals surface area contributed by atoms with Gasteiger partial charge in [0.1, 0.15) is 0 Å². The van der Waals surface area contributed by atoms with Gasteiger partial charge in [-0.25, -0.2) is 0 Å². The first-order valence-corrected chi connectivity index (χ1v) is 9.21. The Hall–Kier alpha value is -1.67. The molecule has 2 saturated heterocycles. The van der Waals surface area contributed by atoms with E-state index in [2.05, 4.69) is 33.9 Å². The van der Waals surface area contributed by atoms with Crippen molar-refractivity contribution in [2.75, 3.05) is 56.4 Å². The van der Waals surface area contributed by atoms with Gasteiger partial charge in [0, 0.05) is 39.3 Å². The molecule has 2 aliphatic heterocycles. The molecule has 3 rings (SSSR count). The average molecular weight is 368 g/mol. The minimum atomic E-state index is 0.123. The molecule has 1 aromatic rings. The minimum absolute atomic E-state index is 0.123. The van der Waals surface area contributed by atoms with E-state index in [9.17, 15) is 4.79 Å². The predicted molar refractivity (Wildman–Crippen MR) is 97.4 cm³/mol. The van der Waals surface area contributed by atoms with E-state index in [0.717, 1.165) is 39.3 Å². The van der Waals surface area contributed by atoms with Gasteiger partial charge in [0.05, 0.1) is 6.54 Å². The summed E-state index contributed by atoms with van der Waals surface area (Å²) in [5.41, 5.74) is 5.69. The first-order chi connectivity index (χ1) is 11.9. The largest absolute Gasteiger partial charge is 0.381 e. The lowest BCUT2D eigenvalue weighted by Gasteiger charge is -2.38. The van der Waals surface area contributed by atoms with Crippen LogP contribution >= 0.6 is 11.6 Å². The van der Waals surface area contributed by atoms with Gasteiger partial charge in [-0.1, -0.05) is 25.4 Å². The number of amides is 1. The quantitative estimate of drug-likeness (QED) is 0.842. The molecule has 0 radical (unpaired) electrons. The summed E-state index contributed by atoms with van der Waals surface area (Å²) in [5, 5.41) is 7.93. The molecule has 0 spiro atoms. The van der Waals surface area contributed by atoms with E-state index >= 15 is 0 Å². The summed E-state index contributed by atoms with van der Waals surface area (Å²) in [6.07, 6.45) is 1.21. The monoisotopic (exact) mass is 367 g/mol. The number of nitrogens with zero attached hydrogens (tertiary/aromatic N) is 6. The van der Waals surface area contributed by atoms with Crippen LogP contribution in [-0.2, 0) is 4.79 Å². The molecule has 2 fully saturated rings. The second-order valence-electron chi connectivity index (χ2n) is 7.30. The van der Waals surface area contributed by atoms with Gasteiger partial charge in [-0.3, -0.25) is 9.69 Å². The summed E-state index contributed by atoms with van der Waals surface area (Å²) < 4.78 is 0. The zero-order chi connectivity index (χ0) is 18.0. The molecule has 2 atom stereocenters. The molecule has 0 unspecified atom stereocenters. The number of carbonyl (C=O) groups is 1. The number of carbonyl (C=O) groups excluding carboxylic acids is 1. The van der Waals surface area contributed by atoms with Crippen LogP contribution in [0.25, 0.3) is 0 Å². The van der Waals surface area contributed by atoms with Crippen LogP contribution in [0.2, 0.25) is 5.15 Å².